The van der Waals surface area contributed by atoms with Crippen LogP contribution >= 0.6 is 12.2 Å². The van der Waals surface area contributed by atoms with Crippen molar-refractivity contribution in [3.05, 3.63) is 59.2 Å². The van der Waals surface area contributed by atoms with E-state index in [0.717, 1.165) is 11.1 Å². The smallest absolute Gasteiger partial charge is 0.257 e. The first kappa shape index (κ1) is 17.9. The first-order chi connectivity index (χ1) is 11.2. The maximum atomic E-state index is 12.2. The number of benzene rings is 2. The molecule has 0 heterocycles. The van der Waals surface area contributed by atoms with Crippen LogP contribution in [-0.4, -0.2) is 16.1 Å². The van der Waals surface area contributed by atoms with Gasteiger partial charge in [-0.1, -0.05) is 39.0 Å². The quantitative estimate of drug-likeness (QED) is 0.567. The van der Waals surface area contributed by atoms with Crippen LogP contribution in [0.1, 0.15) is 42.3 Å². The number of thiocarbonyl (C=S) groups is 1. The van der Waals surface area contributed by atoms with Crippen molar-refractivity contribution >= 4 is 28.9 Å². The van der Waals surface area contributed by atoms with E-state index < -0.39 is 0 Å². The summed E-state index contributed by atoms with van der Waals surface area (Å²) < 4.78 is 0. The van der Waals surface area contributed by atoms with Gasteiger partial charge in [-0.2, -0.15) is 0 Å². The fourth-order valence-electron chi connectivity index (χ4n) is 2.20. The third-order valence-electron chi connectivity index (χ3n) is 3.64. The first-order valence-electron chi connectivity index (χ1n) is 7.69. The van der Waals surface area contributed by atoms with Crippen LogP contribution in [0.4, 0.5) is 5.69 Å². The third kappa shape index (κ3) is 4.55. The van der Waals surface area contributed by atoms with Crippen LogP contribution in [0.3, 0.4) is 0 Å². The van der Waals surface area contributed by atoms with E-state index in [1.807, 2.05) is 25.1 Å². The largest absolute Gasteiger partial charge is 0.506 e. The number of phenolic OH excluding ortho intramolecular Hbond substituents is 1. The number of carbonyl (C=O) groups is 1. The van der Waals surface area contributed by atoms with Gasteiger partial charge in [0.1, 0.15) is 5.75 Å². The van der Waals surface area contributed by atoms with Crippen molar-refractivity contribution in [1.82, 2.24) is 5.32 Å². The predicted molar refractivity (Wildman–Crippen MR) is 102 cm³/mol. The second-order valence-electron chi connectivity index (χ2n) is 6.76. The number of anilines is 1. The molecule has 2 aromatic rings. The number of rotatable bonds is 2. The van der Waals surface area contributed by atoms with E-state index in [9.17, 15) is 9.90 Å². The van der Waals surface area contributed by atoms with Gasteiger partial charge in [0.05, 0.1) is 5.69 Å². The zero-order valence-electron chi connectivity index (χ0n) is 14.3. The van der Waals surface area contributed by atoms with Crippen molar-refractivity contribution in [2.24, 2.45) is 0 Å². The van der Waals surface area contributed by atoms with E-state index in [0.29, 0.717) is 11.3 Å². The maximum Gasteiger partial charge on any atom is 0.257 e. The molecule has 0 aliphatic rings. The van der Waals surface area contributed by atoms with E-state index in [-0.39, 0.29) is 22.2 Å². The van der Waals surface area contributed by atoms with Crippen molar-refractivity contribution in [3.8, 4) is 5.75 Å². The molecule has 24 heavy (non-hydrogen) atoms. The summed E-state index contributed by atoms with van der Waals surface area (Å²) >= 11 is 5.14. The summed E-state index contributed by atoms with van der Waals surface area (Å²) in [5.74, 6) is -0.208. The summed E-state index contributed by atoms with van der Waals surface area (Å²) in [4.78, 5) is 12.2. The lowest BCUT2D eigenvalue weighted by Crippen LogP contribution is -2.34. The number of aryl methyl sites for hydroxylation is 1. The van der Waals surface area contributed by atoms with Crippen molar-refractivity contribution in [2.45, 2.75) is 33.1 Å². The van der Waals surface area contributed by atoms with Gasteiger partial charge >= 0.3 is 0 Å². The predicted octanol–water partition coefficient (Wildman–Crippen LogP) is 4.12. The van der Waals surface area contributed by atoms with Gasteiger partial charge in [0.25, 0.3) is 5.91 Å². The zero-order chi connectivity index (χ0) is 17.9. The summed E-state index contributed by atoms with van der Waals surface area (Å²) in [7, 11) is 0. The lowest BCUT2D eigenvalue weighted by molar-refractivity contribution is 0.0977. The lowest BCUT2D eigenvalue weighted by atomic mass is 9.87. The highest BCUT2D eigenvalue weighted by molar-refractivity contribution is 7.80. The molecular weight excluding hydrogens is 320 g/mol. The highest BCUT2D eigenvalue weighted by Crippen LogP contribution is 2.24. The van der Waals surface area contributed by atoms with Gasteiger partial charge in [-0.3, -0.25) is 10.1 Å². The molecule has 4 nitrogen and oxygen atoms in total. The number of carbonyl (C=O) groups excluding carboxylic acids is 1. The Kier molecular flexibility index (Phi) is 5.24. The monoisotopic (exact) mass is 342 g/mol. The van der Waals surface area contributed by atoms with E-state index in [1.54, 1.807) is 24.3 Å². The molecule has 0 unspecified atom stereocenters. The average Bonchev–Trinajstić information content (AvgIpc) is 2.49. The highest BCUT2D eigenvalue weighted by atomic mass is 32.1. The van der Waals surface area contributed by atoms with Crippen LogP contribution in [0.2, 0.25) is 0 Å². The number of amides is 1. The second-order valence-corrected chi connectivity index (χ2v) is 7.16. The average molecular weight is 342 g/mol. The minimum atomic E-state index is -0.292. The number of hydrogen-bond acceptors (Lipinski definition) is 3. The lowest BCUT2D eigenvalue weighted by Gasteiger charge is -2.19. The molecule has 3 N–H and O–H groups in total. The summed E-state index contributed by atoms with van der Waals surface area (Å²) in [6.07, 6.45) is 0. The molecule has 0 saturated carbocycles. The Labute approximate surface area is 147 Å². The van der Waals surface area contributed by atoms with Gasteiger partial charge < -0.3 is 10.4 Å². The molecule has 2 aromatic carbocycles. The topological polar surface area (TPSA) is 61.4 Å². The minimum absolute atomic E-state index is 0.0365. The normalized spacial score (nSPS) is 11.0. The van der Waals surface area contributed by atoms with Crippen LogP contribution < -0.4 is 10.6 Å². The molecule has 0 fully saturated rings. The molecule has 0 saturated heterocycles. The summed E-state index contributed by atoms with van der Waals surface area (Å²) in [5, 5.41) is 15.4. The van der Waals surface area contributed by atoms with Crippen LogP contribution in [0, 0.1) is 6.92 Å². The summed E-state index contributed by atoms with van der Waals surface area (Å²) in [6.45, 7) is 8.24. The molecule has 126 valence electrons. The molecule has 0 aromatic heterocycles. The van der Waals surface area contributed by atoms with Crippen molar-refractivity contribution in [3.63, 3.8) is 0 Å². The molecule has 0 spiro atoms. The van der Waals surface area contributed by atoms with Gasteiger partial charge in [0.15, 0.2) is 5.11 Å². The number of hydrogen-bond donors (Lipinski definition) is 3. The van der Waals surface area contributed by atoms with Gasteiger partial charge in [0, 0.05) is 5.56 Å². The Morgan fingerprint density at radius 1 is 1.08 bits per heavy atom. The van der Waals surface area contributed by atoms with Gasteiger partial charge in [-0.15, -0.1) is 0 Å². The third-order valence-corrected chi connectivity index (χ3v) is 3.85. The minimum Gasteiger partial charge on any atom is -0.506 e. The van der Waals surface area contributed by atoms with E-state index >= 15 is 0 Å². The van der Waals surface area contributed by atoms with E-state index in [1.165, 1.54) is 0 Å². The van der Waals surface area contributed by atoms with Crippen LogP contribution in [0.5, 0.6) is 5.75 Å². The van der Waals surface area contributed by atoms with Gasteiger partial charge in [0.2, 0.25) is 0 Å². The van der Waals surface area contributed by atoms with E-state index in [4.69, 9.17) is 12.2 Å². The maximum absolute atomic E-state index is 12.2. The van der Waals surface area contributed by atoms with E-state index in [2.05, 4.69) is 31.4 Å². The summed E-state index contributed by atoms with van der Waals surface area (Å²) in [5.41, 5.74) is 3.11. The SMILES string of the molecule is Cc1ccc(NC(=S)NC(=O)c2ccc(C(C)(C)C)cc2)c(O)c1. The molecule has 0 aliphatic heterocycles. The number of aromatic hydroxyl groups is 1. The Bertz CT molecular complexity index is 762. The first-order valence-corrected chi connectivity index (χ1v) is 8.10. The Balaban J connectivity index is 2.02. The molecule has 5 heteroatoms. The molecule has 1 amide bonds. The van der Waals surface area contributed by atoms with Crippen molar-refractivity contribution in [2.75, 3.05) is 5.32 Å². The van der Waals surface area contributed by atoms with Crippen molar-refractivity contribution in [1.29, 1.82) is 0 Å². The molecule has 0 radical (unpaired) electrons. The number of nitrogens with one attached hydrogen (secondary N) is 2. The standard InChI is InChI=1S/C19H22N2O2S/c1-12-5-10-15(16(22)11-12)20-18(24)21-17(23)13-6-8-14(9-7-13)19(2,3)4/h5-11,22H,1-4H3,(H2,20,21,23,24). The fourth-order valence-corrected chi connectivity index (χ4v) is 2.40. The Hall–Kier alpha value is -2.40. The van der Waals surface area contributed by atoms with Crippen molar-refractivity contribution < 1.29 is 9.90 Å². The highest BCUT2D eigenvalue weighted by Gasteiger charge is 2.15. The molecule has 0 bridgehead atoms. The van der Waals surface area contributed by atoms with Crippen LogP contribution in [0.25, 0.3) is 0 Å². The molecule has 0 atom stereocenters. The molecular formula is C19H22N2O2S. The number of phenols is 1. The summed E-state index contributed by atoms with van der Waals surface area (Å²) in [6, 6.07) is 12.6. The van der Waals surface area contributed by atoms with Crippen LogP contribution in [-0.2, 0) is 5.41 Å². The van der Waals surface area contributed by atoms with Gasteiger partial charge in [-0.05, 0) is 59.9 Å². The zero-order valence-corrected chi connectivity index (χ0v) is 15.1. The van der Waals surface area contributed by atoms with Crippen LogP contribution in [0.15, 0.2) is 42.5 Å². The second kappa shape index (κ2) is 7.01. The van der Waals surface area contributed by atoms with Gasteiger partial charge in [-0.25, -0.2) is 0 Å². The molecule has 2 rings (SSSR count). The fraction of sp³-hybridized carbons (Fsp3) is 0.263. The Morgan fingerprint density at radius 2 is 1.71 bits per heavy atom. The Morgan fingerprint density at radius 3 is 2.25 bits per heavy atom. The molecule has 0 aliphatic carbocycles.